The number of nitrogens with one attached hydrogen (secondary N) is 2. The normalized spacial score (nSPS) is 24.7. The zero-order valence-electron chi connectivity index (χ0n) is 16.2. The number of esters is 1. The highest BCUT2D eigenvalue weighted by Crippen LogP contribution is 2.56. The molecule has 1 aromatic rings. The van der Waals surface area contributed by atoms with E-state index >= 15 is 0 Å². The number of hydroxylamine groups is 1. The zero-order chi connectivity index (χ0) is 20.2. The highest BCUT2D eigenvalue weighted by molar-refractivity contribution is 5.89. The lowest BCUT2D eigenvalue weighted by molar-refractivity contribution is -0.149. The van der Waals surface area contributed by atoms with E-state index in [4.69, 9.17) is 9.94 Å². The van der Waals surface area contributed by atoms with Crippen LogP contribution in [0.4, 0.5) is 0 Å². The van der Waals surface area contributed by atoms with Gasteiger partial charge in [-0.3, -0.25) is 14.8 Å². The summed E-state index contributed by atoms with van der Waals surface area (Å²) < 4.78 is 4.85. The van der Waals surface area contributed by atoms with Gasteiger partial charge >= 0.3 is 5.97 Å². The fourth-order valence-electron chi connectivity index (χ4n) is 3.95. The van der Waals surface area contributed by atoms with Crippen LogP contribution in [0, 0.1) is 16.7 Å². The van der Waals surface area contributed by atoms with Crippen LogP contribution in [-0.2, 0) is 25.5 Å². The molecule has 0 bridgehead atoms. The SMILES string of the molecule is COC(=O)[C@H](Cc1ccccc1)NC(=O)C1CCC(C)(C(=O)NO)C1(C)C. The molecule has 0 heterocycles. The Balaban J connectivity index is 2.17. The summed E-state index contributed by atoms with van der Waals surface area (Å²) in [6, 6.07) is 8.56. The van der Waals surface area contributed by atoms with Crippen molar-refractivity contribution < 1.29 is 24.3 Å². The van der Waals surface area contributed by atoms with E-state index in [-0.39, 0.29) is 5.91 Å². The predicted molar refractivity (Wildman–Crippen MR) is 98.6 cm³/mol. The monoisotopic (exact) mass is 376 g/mol. The molecule has 2 unspecified atom stereocenters. The van der Waals surface area contributed by atoms with Crippen molar-refractivity contribution in [3.8, 4) is 0 Å². The zero-order valence-corrected chi connectivity index (χ0v) is 16.2. The first-order valence-electron chi connectivity index (χ1n) is 9.04. The van der Waals surface area contributed by atoms with Crippen LogP contribution in [0.15, 0.2) is 30.3 Å². The molecule has 2 amide bonds. The summed E-state index contributed by atoms with van der Waals surface area (Å²) in [5.74, 6) is -1.78. The molecule has 7 nitrogen and oxygen atoms in total. The third-order valence-electron chi connectivity index (χ3n) is 6.23. The van der Waals surface area contributed by atoms with Crippen LogP contribution in [0.2, 0.25) is 0 Å². The number of carbonyl (C=O) groups is 3. The minimum atomic E-state index is -0.885. The van der Waals surface area contributed by atoms with Gasteiger partial charge in [0, 0.05) is 12.3 Å². The van der Waals surface area contributed by atoms with Crippen LogP contribution in [0.5, 0.6) is 0 Å². The van der Waals surface area contributed by atoms with Crippen LogP contribution < -0.4 is 10.8 Å². The van der Waals surface area contributed by atoms with E-state index < -0.39 is 34.7 Å². The summed E-state index contributed by atoms with van der Waals surface area (Å²) in [4.78, 5) is 37.3. The van der Waals surface area contributed by atoms with Gasteiger partial charge in [0.05, 0.1) is 12.5 Å². The van der Waals surface area contributed by atoms with Gasteiger partial charge in [-0.25, -0.2) is 10.3 Å². The van der Waals surface area contributed by atoms with E-state index in [1.165, 1.54) is 7.11 Å². The Morgan fingerprint density at radius 3 is 2.41 bits per heavy atom. The molecule has 1 fully saturated rings. The van der Waals surface area contributed by atoms with E-state index in [2.05, 4.69) is 5.32 Å². The van der Waals surface area contributed by atoms with Crippen molar-refractivity contribution in [1.82, 2.24) is 10.8 Å². The summed E-state index contributed by atoms with van der Waals surface area (Å²) in [6.45, 7) is 5.42. The van der Waals surface area contributed by atoms with Crippen molar-refractivity contribution in [3.05, 3.63) is 35.9 Å². The van der Waals surface area contributed by atoms with Gasteiger partial charge in [-0.1, -0.05) is 51.1 Å². The summed E-state index contributed by atoms with van der Waals surface area (Å²) in [5, 5.41) is 11.9. The van der Waals surface area contributed by atoms with E-state index in [0.717, 1.165) is 5.56 Å². The first-order valence-corrected chi connectivity index (χ1v) is 9.04. The van der Waals surface area contributed by atoms with Crippen LogP contribution in [0.1, 0.15) is 39.2 Å². The predicted octanol–water partition coefficient (Wildman–Crippen LogP) is 1.83. The molecule has 2 rings (SSSR count). The maximum absolute atomic E-state index is 13.0. The largest absolute Gasteiger partial charge is 0.467 e. The van der Waals surface area contributed by atoms with Crippen LogP contribution >= 0.6 is 0 Å². The Morgan fingerprint density at radius 1 is 1.22 bits per heavy atom. The lowest BCUT2D eigenvalue weighted by Gasteiger charge is -2.39. The van der Waals surface area contributed by atoms with Crippen molar-refractivity contribution in [2.45, 2.75) is 46.1 Å². The van der Waals surface area contributed by atoms with Gasteiger partial charge in [0.2, 0.25) is 11.8 Å². The molecule has 1 aliphatic rings. The average molecular weight is 376 g/mol. The Labute approximate surface area is 159 Å². The van der Waals surface area contributed by atoms with Gasteiger partial charge in [0.15, 0.2) is 0 Å². The molecule has 1 saturated carbocycles. The number of ether oxygens (including phenoxy) is 1. The van der Waals surface area contributed by atoms with Crippen LogP contribution in [0.3, 0.4) is 0 Å². The van der Waals surface area contributed by atoms with Crippen molar-refractivity contribution in [1.29, 1.82) is 0 Å². The van der Waals surface area contributed by atoms with Gasteiger partial charge < -0.3 is 10.1 Å². The fraction of sp³-hybridized carbons (Fsp3) is 0.550. The van der Waals surface area contributed by atoms with Gasteiger partial charge in [0.1, 0.15) is 6.04 Å². The highest BCUT2D eigenvalue weighted by Gasteiger charge is 2.58. The standard InChI is InChI=1S/C20H28N2O5/c1-19(2)14(10-11-20(19,3)18(25)22-26)16(23)21-15(17(24)27-4)12-13-8-6-5-7-9-13/h5-9,14-15,26H,10-12H2,1-4H3,(H,21,23)(H,22,25)/t14?,15-,20?/m0/s1. The number of hydrogen-bond donors (Lipinski definition) is 3. The fourth-order valence-corrected chi connectivity index (χ4v) is 3.95. The molecule has 27 heavy (non-hydrogen) atoms. The molecule has 148 valence electrons. The van der Waals surface area contributed by atoms with Crippen molar-refractivity contribution in [2.75, 3.05) is 7.11 Å². The molecule has 0 radical (unpaired) electrons. The summed E-state index contributed by atoms with van der Waals surface area (Å²) >= 11 is 0. The van der Waals surface area contributed by atoms with Gasteiger partial charge in [0.25, 0.3) is 0 Å². The Morgan fingerprint density at radius 2 is 1.85 bits per heavy atom. The molecule has 1 aliphatic carbocycles. The second-order valence-corrected chi connectivity index (χ2v) is 7.86. The molecule has 0 saturated heterocycles. The minimum Gasteiger partial charge on any atom is -0.467 e. The van der Waals surface area contributed by atoms with Crippen LogP contribution in [0.25, 0.3) is 0 Å². The number of methoxy groups -OCH3 is 1. The Kier molecular flexibility index (Phi) is 6.26. The minimum absolute atomic E-state index is 0.291. The molecule has 0 aromatic heterocycles. The van der Waals surface area contributed by atoms with Crippen molar-refractivity contribution in [3.63, 3.8) is 0 Å². The Bertz CT molecular complexity index is 704. The van der Waals surface area contributed by atoms with E-state index in [1.807, 2.05) is 44.2 Å². The molecule has 1 aromatic carbocycles. The first-order chi connectivity index (χ1) is 12.7. The smallest absolute Gasteiger partial charge is 0.328 e. The number of rotatable bonds is 6. The van der Waals surface area contributed by atoms with E-state index in [9.17, 15) is 14.4 Å². The summed E-state index contributed by atoms with van der Waals surface area (Å²) in [6.07, 6.45) is 1.27. The summed E-state index contributed by atoms with van der Waals surface area (Å²) in [7, 11) is 1.29. The topological polar surface area (TPSA) is 105 Å². The second kappa shape index (κ2) is 8.08. The molecular formula is C20H28N2O5. The lowest BCUT2D eigenvalue weighted by atomic mass is 9.65. The molecule has 0 spiro atoms. The van der Waals surface area contributed by atoms with Gasteiger partial charge in [-0.15, -0.1) is 0 Å². The molecule has 0 aliphatic heterocycles. The van der Waals surface area contributed by atoms with Gasteiger partial charge in [-0.2, -0.15) is 0 Å². The third-order valence-corrected chi connectivity index (χ3v) is 6.23. The van der Waals surface area contributed by atoms with E-state index in [1.54, 1.807) is 12.4 Å². The molecule has 3 N–H and O–H groups in total. The van der Waals surface area contributed by atoms with Crippen LogP contribution in [-0.4, -0.2) is 36.1 Å². The lowest BCUT2D eigenvalue weighted by Crippen LogP contribution is -2.51. The maximum Gasteiger partial charge on any atom is 0.328 e. The number of amides is 2. The first kappa shape index (κ1) is 20.9. The second-order valence-electron chi connectivity index (χ2n) is 7.86. The van der Waals surface area contributed by atoms with Gasteiger partial charge in [-0.05, 0) is 23.8 Å². The number of carbonyl (C=O) groups excluding carboxylic acids is 3. The number of hydrogen-bond acceptors (Lipinski definition) is 5. The molecule has 3 atom stereocenters. The number of benzene rings is 1. The van der Waals surface area contributed by atoms with E-state index in [0.29, 0.717) is 19.3 Å². The summed E-state index contributed by atoms with van der Waals surface area (Å²) in [5.41, 5.74) is 1.04. The molecule has 7 heteroatoms. The highest BCUT2D eigenvalue weighted by atomic mass is 16.5. The maximum atomic E-state index is 13.0. The van der Waals surface area contributed by atoms with Crippen molar-refractivity contribution >= 4 is 17.8 Å². The molecular weight excluding hydrogens is 348 g/mol. The quantitative estimate of drug-likeness (QED) is 0.399. The average Bonchev–Trinajstić information content (AvgIpc) is 2.90. The Hall–Kier alpha value is -2.41. The van der Waals surface area contributed by atoms with Crippen molar-refractivity contribution in [2.24, 2.45) is 16.7 Å². The third kappa shape index (κ3) is 3.98.